The van der Waals surface area contributed by atoms with Crippen LogP contribution in [-0.2, 0) is 16.1 Å². The molecule has 1 atom stereocenters. The van der Waals surface area contributed by atoms with Gasteiger partial charge in [0.25, 0.3) is 0 Å². The minimum absolute atomic E-state index is 0.0194. The average molecular weight is 339 g/mol. The van der Waals surface area contributed by atoms with Gasteiger partial charge in [0.05, 0.1) is 17.7 Å². The lowest BCUT2D eigenvalue weighted by Gasteiger charge is -2.33. The Morgan fingerprint density at radius 1 is 1.12 bits per heavy atom. The fourth-order valence-corrected chi connectivity index (χ4v) is 4.15. The van der Waals surface area contributed by atoms with Crippen LogP contribution in [0.25, 0.3) is 0 Å². The Hall–Kier alpha value is -1.90. The van der Waals surface area contributed by atoms with Gasteiger partial charge in [0, 0.05) is 38.4 Å². The molecule has 0 spiro atoms. The van der Waals surface area contributed by atoms with Gasteiger partial charge in [-0.05, 0) is 49.8 Å². The zero-order valence-corrected chi connectivity index (χ0v) is 14.6. The lowest BCUT2D eigenvalue weighted by atomic mass is 10.1. The molecule has 0 aromatic heterocycles. The monoisotopic (exact) mass is 339 g/mol. The second-order valence-corrected chi connectivity index (χ2v) is 7.39. The molecule has 2 saturated heterocycles. The van der Waals surface area contributed by atoms with Crippen molar-refractivity contribution in [2.75, 3.05) is 19.8 Å². The van der Waals surface area contributed by atoms with Gasteiger partial charge in [0.15, 0.2) is 0 Å². The van der Waals surface area contributed by atoms with Gasteiger partial charge in [-0.25, -0.2) is 0 Å². The van der Waals surface area contributed by atoms with Gasteiger partial charge in [0.1, 0.15) is 0 Å². The van der Waals surface area contributed by atoms with Crippen LogP contribution in [-0.4, -0.2) is 53.6 Å². The normalized spacial score (nSPS) is 24.7. The summed E-state index contributed by atoms with van der Waals surface area (Å²) in [6, 6.07) is 10.9. The zero-order valence-electron chi connectivity index (χ0n) is 14.6. The number of hydrogen-bond acceptors (Lipinski definition) is 4. The standard InChI is InChI=1S/C20H25N3O2/c21-13-15-1-3-16(4-2-15)14-23(17-5-6-17)19-7-10-22(20(19)24)18-8-11-25-12-9-18/h1-4,17-19H,5-12,14H2. The molecule has 0 N–H and O–H groups in total. The van der Waals surface area contributed by atoms with Gasteiger partial charge >= 0.3 is 0 Å². The maximum Gasteiger partial charge on any atom is 0.240 e. The Morgan fingerprint density at radius 2 is 1.84 bits per heavy atom. The molecule has 25 heavy (non-hydrogen) atoms. The first kappa shape index (κ1) is 16.6. The lowest BCUT2D eigenvalue weighted by Crippen LogP contribution is -2.46. The van der Waals surface area contributed by atoms with Crippen LogP contribution in [0.4, 0.5) is 0 Å². The number of carbonyl (C=O) groups is 1. The van der Waals surface area contributed by atoms with E-state index in [0.29, 0.717) is 23.6 Å². The number of nitrogens with zero attached hydrogens (tertiary/aromatic N) is 3. The third-order valence-corrected chi connectivity index (χ3v) is 5.71. The molecule has 132 valence electrons. The molecule has 3 fully saturated rings. The maximum absolute atomic E-state index is 13.1. The van der Waals surface area contributed by atoms with Gasteiger partial charge in [0.2, 0.25) is 5.91 Å². The van der Waals surface area contributed by atoms with E-state index in [0.717, 1.165) is 45.6 Å². The molecule has 1 amide bonds. The Labute approximate surface area is 149 Å². The number of amides is 1. The van der Waals surface area contributed by atoms with E-state index >= 15 is 0 Å². The van der Waals surface area contributed by atoms with Crippen molar-refractivity contribution >= 4 is 5.91 Å². The summed E-state index contributed by atoms with van der Waals surface area (Å²) in [5.41, 5.74) is 1.87. The smallest absolute Gasteiger partial charge is 0.240 e. The van der Waals surface area contributed by atoms with Gasteiger partial charge < -0.3 is 9.64 Å². The van der Waals surface area contributed by atoms with Gasteiger partial charge in [-0.2, -0.15) is 5.26 Å². The molecule has 4 rings (SSSR count). The number of rotatable bonds is 5. The molecule has 2 heterocycles. The first-order valence-electron chi connectivity index (χ1n) is 9.39. The zero-order chi connectivity index (χ0) is 17.2. The van der Waals surface area contributed by atoms with Crippen LogP contribution in [0.5, 0.6) is 0 Å². The number of nitriles is 1. The summed E-state index contributed by atoms with van der Waals surface area (Å²) in [5.74, 6) is 0.312. The van der Waals surface area contributed by atoms with Gasteiger partial charge in [-0.15, -0.1) is 0 Å². The third-order valence-electron chi connectivity index (χ3n) is 5.71. The maximum atomic E-state index is 13.1. The van der Waals surface area contributed by atoms with Crippen LogP contribution >= 0.6 is 0 Å². The largest absolute Gasteiger partial charge is 0.381 e. The predicted molar refractivity (Wildman–Crippen MR) is 93.7 cm³/mol. The molecule has 1 aliphatic carbocycles. The van der Waals surface area contributed by atoms with Crippen molar-refractivity contribution in [1.82, 2.24) is 9.80 Å². The summed E-state index contributed by atoms with van der Waals surface area (Å²) in [6.07, 6.45) is 5.26. The van der Waals surface area contributed by atoms with Crippen LogP contribution in [0.3, 0.4) is 0 Å². The second-order valence-electron chi connectivity index (χ2n) is 7.39. The van der Waals surface area contributed by atoms with E-state index in [1.165, 1.54) is 18.4 Å². The van der Waals surface area contributed by atoms with Crippen LogP contribution < -0.4 is 0 Å². The van der Waals surface area contributed by atoms with E-state index in [9.17, 15) is 4.79 Å². The number of hydrogen-bond donors (Lipinski definition) is 0. The summed E-state index contributed by atoms with van der Waals surface area (Å²) in [4.78, 5) is 17.6. The number of benzene rings is 1. The Balaban J connectivity index is 1.45. The minimum atomic E-state index is 0.0194. The van der Waals surface area contributed by atoms with Crippen molar-refractivity contribution < 1.29 is 9.53 Å². The van der Waals surface area contributed by atoms with E-state index in [-0.39, 0.29) is 6.04 Å². The summed E-state index contributed by atoms with van der Waals surface area (Å²) in [7, 11) is 0. The molecule has 0 radical (unpaired) electrons. The fourth-order valence-electron chi connectivity index (χ4n) is 4.15. The van der Waals surface area contributed by atoms with Crippen LogP contribution in [0, 0.1) is 11.3 Å². The predicted octanol–water partition coefficient (Wildman–Crippen LogP) is 2.30. The average Bonchev–Trinajstić information content (AvgIpc) is 3.43. The summed E-state index contributed by atoms with van der Waals surface area (Å²) < 4.78 is 5.44. The Bertz CT molecular complexity index is 657. The molecule has 5 nitrogen and oxygen atoms in total. The molecule has 0 bridgehead atoms. The van der Waals surface area contributed by atoms with E-state index in [4.69, 9.17) is 10.00 Å². The van der Waals surface area contributed by atoms with Crippen LogP contribution in [0.1, 0.15) is 43.2 Å². The molecule has 2 aliphatic heterocycles. The van der Waals surface area contributed by atoms with E-state index in [1.54, 1.807) is 0 Å². The molecule has 1 aromatic carbocycles. The molecule has 1 saturated carbocycles. The lowest BCUT2D eigenvalue weighted by molar-refractivity contribution is -0.136. The first-order chi connectivity index (χ1) is 12.3. The van der Waals surface area contributed by atoms with E-state index in [2.05, 4.69) is 15.9 Å². The van der Waals surface area contributed by atoms with E-state index in [1.807, 2.05) is 24.3 Å². The summed E-state index contributed by atoms with van der Waals surface area (Å²) in [5, 5.41) is 8.95. The van der Waals surface area contributed by atoms with Crippen molar-refractivity contribution in [3.63, 3.8) is 0 Å². The van der Waals surface area contributed by atoms with Gasteiger partial charge in [-0.1, -0.05) is 12.1 Å². The van der Waals surface area contributed by atoms with Crippen molar-refractivity contribution in [2.45, 2.75) is 56.8 Å². The summed E-state index contributed by atoms with van der Waals surface area (Å²) in [6.45, 7) is 3.23. The highest BCUT2D eigenvalue weighted by Gasteiger charge is 2.44. The van der Waals surface area contributed by atoms with Crippen molar-refractivity contribution in [3.8, 4) is 6.07 Å². The van der Waals surface area contributed by atoms with Crippen molar-refractivity contribution in [3.05, 3.63) is 35.4 Å². The highest BCUT2D eigenvalue weighted by Crippen LogP contribution is 2.34. The second kappa shape index (κ2) is 7.15. The first-order valence-corrected chi connectivity index (χ1v) is 9.39. The number of likely N-dealkylation sites (tertiary alicyclic amines) is 1. The molecule has 5 heteroatoms. The minimum Gasteiger partial charge on any atom is -0.381 e. The Kier molecular flexibility index (Phi) is 4.74. The number of carbonyl (C=O) groups excluding carboxylic acids is 1. The molecule has 1 unspecified atom stereocenters. The fraction of sp³-hybridized carbons (Fsp3) is 0.600. The highest BCUT2D eigenvalue weighted by atomic mass is 16.5. The van der Waals surface area contributed by atoms with Crippen molar-refractivity contribution in [1.29, 1.82) is 5.26 Å². The van der Waals surface area contributed by atoms with Crippen molar-refractivity contribution in [2.24, 2.45) is 0 Å². The summed E-state index contributed by atoms with van der Waals surface area (Å²) >= 11 is 0. The number of ether oxygens (including phenoxy) is 1. The highest BCUT2D eigenvalue weighted by molar-refractivity contribution is 5.84. The van der Waals surface area contributed by atoms with E-state index < -0.39 is 0 Å². The topological polar surface area (TPSA) is 56.6 Å². The van der Waals surface area contributed by atoms with Crippen LogP contribution in [0.15, 0.2) is 24.3 Å². The van der Waals surface area contributed by atoms with Gasteiger partial charge in [-0.3, -0.25) is 9.69 Å². The third kappa shape index (κ3) is 3.56. The quantitative estimate of drug-likeness (QED) is 0.826. The molecular formula is C20H25N3O2. The molecule has 1 aromatic rings. The SMILES string of the molecule is N#Cc1ccc(CN(C2CC2)C2CCN(C3CCOCC3)C2=O)cc1. The molecule has 3 aliphatic rings. The molecular weight excluding hydrogens is 314 g/mol. The van der Waals surface area contributed by atoms with Crippen LogP contribution in [0.2, 0.25) is 0 Å². The Morgan fingerprint density at radius 3 is 2.48 bits per heavy atom.